The maximum Gasteiger partial charge on any atom is 0.223 e. The largest absolute Gasteiger partial charge is 0.350 e. The van der Waals surface area contributed by atoms with Crippen molar-refractivity contribution >= 4 is 5.91 Å². The standard InChI is InChI=1S/C11H19NO/c1-8-9(2)11(12-10(8)13)6-4-3-5-7-11/h8-9H,3-7H2,1-2H3,(H,12,13). The summed E-state index contributed by atoms with van der Waals surface area (Å²) < 4.78 is 0. The molecule has 1 saturated heterocycles. The summed E-state index contributed by atoms with van der Waals surface area (Å²) in [7, 11) is 0. The van der Waals surface area contributed by atoms with E-state index in [0.717, 1.165) is 0 Å². The van der Waals surface area contributed by atoms with Crippen LogP contribution in [0.2, 0.25) is 0 Å². The normalized spacial score (nSPS) is 37.8. The Morgan fingerprint density at radius 1 is 1.23 bits per heavy atom. The van der Waals surface area contributed by atoms with Gasteiger partial charge in [0, 0.05) is 11.5 Å². The monoisotopic (exact) mass is 181 g/mol. The van der Waals surface area contributed by atoms with Crippen molar-refractivity contribution in [3.63, 3.8) is 0 Å². The van der Waals surface area contributed by atoms with Gasteiger partial charge in [-0.1, -0.05) is 33.1 Å². The first-order valence-corrected chi connectivity index (χ1v) is 5.48. The molecule has 0 aromatic rings. The lowest BCUT2D eigenvalue weighted by Crippen LogP contribution is -2.46. The number of hydrogen-bond donors (Lipinski definition) is 1. The van der Waals surface area contributed by atoms with Gasteiger partial charge in [0.05, 0.1) is 0 Å². The van der Waals surface area contributed by atoms with Gasteiger partial charge in [0.15, 0.2) is 0 Å². The highest BCUT2D eigenvalue weighted by Gasteiger charge is 2.48. The average molecular weight is 181 g/mol. The van der Waals surface area contributed by atoms with Gasteiger partial charge in [-0.2, -0.15) is 0 Å². The van der Waals surface area contributed by atoms with Crippen molar-refractivity contribution in [3.8, 4) is 0 Å². The first-order valence-electron chi connectivity index (χ1n) is 5.48. The molecule has 1 aliphatic carbocycles. The van der Waals surface area contributed by atoms with Gasteiger partial charge >= 0.3 is 0 Å². The molecule has 2 heteroatoms. The van der Waals surface area contributed by atoms with Crippen molar-refractivity contribution in [1.82, 2.24) is 5.32 Å². The van der Waals surface area contributed by atoms with Crippen LogP contribution in [-0.2, 0) is 4.79 Å². The molecule has 1 heterocycles. The molecular weight excluding hydrogens is 162 g/mol. The second-order valence-electron chi connectivity index (χ2n) is 4.78. The Kier molecular flexibility index (Phi) is 2.09. The number of amides is 1. The lowest BCUT2D eigenvalue weighted by atomic mass is 9.72. The molecule has 2 rings (SSSR count). The molecule has 13 heavy (non-hydrogen) atoms. The molecule has 2 nitrogen and oxygen atoms in total. The van der Waals surface area contributed by atoms with Gasteiger partial charge in [0.25, 0.3) is 0 Å². The second kappa shape index (κ2) is 3.00. The van der Waals surface area contributed by atoms with E-state index in [2.05, 4.69) is 19.2 Å². The maximum absolute atomic E-state index is 11.5. The molecule has 74 valence electrons. The molecule has 0 radical (unpaired) electrons. The Morgan fingerprint density at radius 2 is 1.85 bits per heavy atom. The highest BCUT2D eigenvalue weighted by atomic mass is 16.2. The van der Waals surface area contributed by atoms with Crippen molar-refractivity contribution in [2.75, 3.05) is 0 Å². The van der Waals surface area contributed by atoms with Crippen LogP contribution in [0.4, 0.5) is 0 Å². The zero-order valence-electron chi connectivity index (χ0n) is 8.60. The molecule has 0 bridgehead atoms. The summed E-state index contributed by atoms with van der Waals surface area (Å²) in [5.41, 5.74) is 0.175. The molecule has 1 aliphatic heterocycles. The first-order chi connectivity index (χ1) is 6.16. The average Bonchev–Trinajstić information content (AvgIpc) is 2.33. The fraction of sp³-hybridized carbons (Fsp3) is 0.909. The number of hydrogen-bond acceptors (Lipinski definition) is 1. The topological polar surface area (TPSA) is 29.1 Å². The second-order valence-corrected chi connectivity index (χ2v) is 4.78. The Hall–Kier alpha value is -0.530. The molecule has 2 unspecified atom stereocenters. The fourth-order valence-corrected chi connectivity index (χ4v) is 2.94. The van der Waals surface area contributed by atoms with Crippen molar-refractivity contribution < 1.29 is 4.79 Å². The molecule has 2 fully saturated rings. The van der Waals surface area contributed by atoms with Crippen molar-refractivity contribution in [3.05, 3.63) is 0 Å². The van der Waals surface area contributed by atoms with Gasteiger partial charge in [-0.15, -0.1) is 0 Å². The summed E-state index contributed by atoms with van der Waals surface area (Å²) in [6, 6.07) is 0. The van der Waals surface area contributed by atoms with E-state index in [9.17, 15) is 4.79 Å². The Morgan fingerprint density at radius 3 is 2.31 bits per heavy atom. The van der Waals surface area contributed by atoms with Crippen LogP contribution in [0.25, 0.3) is 0 Å². The Bertz CT molecular complexity index is 218. The maximum atomic E-state index is 11.5. The Balaban J connectivity index is 2.18. The van der Waals surface area contributed by atoms with E-state index in [0.29, 0.717) is 5.92 Å². The minimum Gasteiger partial charge on any atom is -0.350 e. The van der Waals surface area contributed by atoms with Gasteiger partial charge in [-0.05, 0) is 18.8 Å². The minimum atomic E-state index is 0.175. The number of carbonyl (C=O) groups is 1. The van der Waals surface area contributed by atoms with Crippen LogP contribution in [0.15, 0.2) is 0 Å². The van der Waals surface area contributed by atoms with Crippen molar-refractivity contribution in [2.45, 2.75) is 51.5 Å². The summed E-state index contributed by atoms with van der Waals surface area (Å²) in [6.07, 6.45) is 6.32. The third-order valence-corrected chi connectivity index (χ3v) is 4.15. The van der Waals surface area contributed by atoms with Gasteiger partial charge in [-0.3, -0.25) is 4.79 Å². The number of carbonyl (C=O) groups excluding carboxylic acids is 1. The smallest absolute Gasteiger partial charge is 0.223 e. The Labute approximate surface area is 80.1 Å². The molecule has 1 amide bonds. The minimum absolute atomic E-state index is 0.175. The van der Waals surface area contributed by atoms with Crippen LogP contribution < -0.4 is 5.32 Å². The van der Waals surface area contributed by atoms with E-state index >= 15 is 0 Å². The molecule has 2 aliphatic rings. The quantitative estimate of drug-likeness (QED) is 0.609. The van der Waals surface area contributed by atoms with Crippen molar-refractivity contribution in [2.24, 2.45) is 11.8 Å². The fourth-order valence-electron chi connectivity index (χ4n) is 2.94. The summed E-state index contributed by atoms with van der Waals surface area (Å²) in [4.78, 5) is 11.5. The third-order valence-electron chi connectivity index (χ3n) is 4.15. The number of rotatable bonds is 0. The van der Waals surface area contributed by atoms with Crippen LogP contribution >= 0.6 is 0 Å². The first kappa shape index (κ1) is 9.04. The molecule has 1 spiro atoms. The van der Waals surface area contributed by atoms with Gasteiger partial charge < -0.3 is 5.32 Å². The van der Waals surface area contributed by atoms with Gasteiger partial charge in [0.1, 0.15) is 0 Å². The molecular formula is C11H19NO. The highest BCUT2D eigenvalue weighted by Crippen LogP contribution is 2.41. The van der Waals surface area contributed by atoms with Gasteiger partial charge in [0.2, 0.25) is 5.91 Å². The van der Waals surface area contributed by atoms with Crippen LogP contribution in [0.3, 0.4) is 0 Å². The van der Waals surface area contributed by atoms with Crippen molar-refractivity contribution in [1.29, 1.82) is 0 Å². The summed E-state index contributed by atoms with van der Waals surface area (Å²) in [5.74, 6) is 1.02. The SMILES string of the molecule is CC1C(=O)NC2(CCCCC2)C1C. The van der Waals surface area contributed by atoms with Crippen LogP contribution in [0.5, 0.6) is 0 Å². The molecule has 0 aromatic heterocycles. The van der Waals surface area contributed by atoms with Crippen LogP contribution in [0, 0.1) is 11.8 Å². The van der Waals surface area contributed by atoms with E-state index in [4.69, 9.17) is 0 Å². The van der Waals surface area contributed by atoms with Crippen LogP contribution in [0.1, 0.15) is 46.0 Å². The molecule has 1 N–H and O–H groups in total. The van der Waals surface area contributed by atoms with Crippen LogP contribution in [-0.4, -0.2) is 11.4 Å². The van der Waals surface area contributed by atoms with E-state index in [1.807, 2.05) is 0 Å². The summed E-state index contributed by atoms with van der Waals surface area (Å²) in [5, 5.41) is 3.23. The molecule has 1 saturated carbocycles. The van der Waals surface area contributed by atoms with E-state index in [-0.39, 0.29) is 17.4 Å². The predicted octanol–water partition coefficient (Wildman–Crippen LogP) is 2.09. The predicted molar refractivity (Wildman–Crippen MR) is 52.3 cm³/mol. The summed E-state index contributed by atoms with van der Waals surface area (Å²) >= 11 is 0. The molecule has 0 aromatic carbocycles. The third kappa shape index (κ3) is 1.27. The summed E-state index contributed by atoms with van der Waals surface area (Å²) in [6.45, 7) is 4.29. The van der Waals surface area contributed by atoms with E-state index < -0.39 is 0 Å². The number of nitrogens with one attached hydrogen (secondary N) is 1. The zero-order chi connectivity index (χ0) is 9.47. The lowest BCUT2D eigenvalue weighted by Gasteiger charge is -2.37. The highest BCUT2D eigenvalue weighted by molar-refractivity contribution is 5.82. The molecule has 2 atom stereocenters. The van der Waals surface area contributed by atoms with Gasteiger partial charge in [-0.25, -0.2) is 0 Å². The van der Waals surface area contributed by atoms with E-state index in [1.54, 1.807) is 0 Å². The zero-order valence-corrected chi connectivity index (χ0v) is 8.60. The lowest BCUT2D eigenvalue weighted by molar-refractivity contribution is -0.122. The van der Waals surface area contributed by atoms with E-state index in [1.165, 1.54) is 32.1 Å².